The summed E-state index contributed by atoms with van der Waals surface area (Å²) < 4.78 is 0. The van der Waals surface area contributed by atoms with Gasteiger partial charge in [-0.15, -0.1) is 0 Å². The maximum absolute atomic E-state index is 11.4. The Labute approximate surface area is 95.2 Å². The van der Waals surface area contributed by atoms with Crippen molar-refractivity contribution < 1.29 is 4.79 Å². The molecular formula is C11H18N4O. The van der Waals surface area contributed by atoms with Crippen LogP contribution in [0.4, 0.5) is 0 Å². The number of carbonyl (C=O) groups is 1. The summed E-state index contributed by atoms with van der Waals surface area (Å²) >= 11 is 0. The third kappa shape index (κ3) is 2.41. The van der Waals surface area contributed by atoms with E-state index in [1.54, 1.807) is 6.20 Å². The van der Waals surface area contributed by atoms with Crippen molar-refractivity contribution in [2.75, 3.05) is 13.1 Å². The first kappa shape index (κ1) is 11.1. The van der Waals surface area contributed by atoms with E-state index < -0.39 is 0 Å². The molecule has 1 aliphatic rings. The molecule has 88 valence electrons. The minimum absolute atomic E-state index is 0.0214. The Morgan fingerprint density at radius 2 is 2.44 bits per heavy atom. The van der Waals surface area contributed by atoms with Crippen LogP contribution in [0, 0.1) is 0 Å². The number of nitrogens with zero attached hydrogens (tertiary/aromatic N) is 2. The lowest BCUT2D eigenvalue weighted by molar-refractivity contribution is -0.118. The lowest BCUT2D eigenvalue weighted by atomic mass is 10.2. The van der Waals surface area contributed by atoms with Gasteiger partial charge in [-0.05, 0) is 12.5 Å². The van der Waals surface area contributed by atoms with Gasteiger partial charge in [0.05, 0.1) is 12.2 Å². The van der Waals surface area contributed by atoms with E-state index in [1.807, 2.05) is 6.07 Å². The van der Waals surface area contributed by atoms with Crippen molar-refractivity contribution in [1.82, 2.24) is 20.4 Å². The second kappa shape index (κ2) is 5.12. The molecule has 1 aliphatic heterocycles. The number of hydrogen-bond donors (Lipinski definition) is 2. The maximum atomic E-state index is 11.4. The van der Waals surface area contributed by atoms with E-state index in [4.69, 9.17) is 0 Å². The second-order valence-corrected chi connectivity index (χ2v) is 4.16. The minimum atomic E-state index is -0.0214. The number of aromatic amines is 1. The van der Waals surface area contributed by atoms with E-state index in [1.165, 1.54) is 12.8 Å². The number of carbonyl (C=O) groups excluding carboxylic acids is 1. The molecule has 0 saturated carbocycles. The van der Waals surface area contributed by atoms with Crippen molar-refractivity contribution in [2.45, 2.75) is 32.4 Å². The average Bonchev–Trinajstić information content (AvgIpc) is 2.87. The molecule has 1 atom stereocenters. The summed E-state index contributed by atoms with van der Waals surface area (Å²) in [6.07, 6.45) is 5.23. The van der Waals surface area contributed by atoms with Crippen LogP contribution < -0.4 is 5.32 Å². The predicted octanol–water partition coefficient (Wildman–Crippen LogP) is 1.03. The third-order valence-corrected chi connectivity index (χ3v) is 2.88. The number of nitrogens with one attached hydrogen (secondary N) is 2. The Morgan fingerprint density at radius 1 is 1.56 bits per heavy atom. The lowest BCUT2D eigenvalue weighted by Gasteiger charge is -2.21. The molecule has 1 aromatic heterocycles. The van der Waals surface area contributed by atoms with Crippen LogP contribution in [0.2, 0.25) is 0 Å². The van der Waals surface area contributed by atoms with Crippen molar-refractivity contribution in [3.05, 3.63) is 18.0 Å². The van der Waals surface area contributed by atoms with Gasteiger partial charge in [0.1, 0.15) is 6.17 Å². The van der Waals surface area contributed by atoms with E-state index in [9.17, 15) is 4.79 Å². The molecule has 16 heavy (non-hydrogen) atoms. The van der Waals surface area contributed by atoms with Crippen LogP contribution in [0.25, 0.3) is 0 Å². The number of aromatic nitrogens is 2. The number of unbranched alkanes of at least 4 members (excludes halogenated alkanes) is 2. The van der Waals surface area contributed by atoms with Crippen LogP contribution in [-0.2, 0) is 4.79 Å². The molecule has 1 fully saturated rings. The van der Waals surface area contributed by atoms with Crippen LogP contribution in [0.3, 0.4) is 0 Å². The van der Waals surface area contributed by atoms with Gasteiger partial charge >= 0.3 is 0 Å². The Balaban J connectivity index is 1.96. The van der Waals surface area contributed by atoms with Gasteiger partial charge in [0.25, 0.3) is 0 Å². The van der Waals surface area contributed by atoms with Gasteiger partial charge in [-0.3, -0.25) is 14.8 Å². The van der Waals surface area contributed by atoms with Gasteiger partial charge in [0, 0.05) is 12.7 Å². The first-order chi connectivity index (χ1) is 7.81. The lowest BCUT2D eigenvalue weighted by Crippen LogP contribution is -2.28. The fourth-order valence-corrected chi connectivity index (χ4v) is 2.03. The summed E-state index contributed by atoms with van der Waals surface area (Å²) in [5, 5.41) is 9.78. The van der Waals surface area contributed by atoms with Gasteiger partial charge in [0.15, 0.2) is 0 Å². The first-order valence-electron chi connectivity index (χ1n) is 5.84. The Hall–Kier alpha value is -1.36. The largest absolute Gasteiger partial charge is 0.334 e. The van der Waals surface area contributed by atoms with E-state index in [2.05, 4.69) is 27.3 Å². The minimum Gasteiger partial charge on any atom is -0.334 e. The first-order valence-corrected chi connectivity index (χ1v) is 5.84. The quantitative estimate of drug-likeness (QED) is 0.731. The Kier molecular flexibility index (Phi) is 3.56. The molecular weight excluding hydrogens is 204 g/mol. The summed E-state index contributed by atoms with van der Waals surface area (Å²) in [6, 6.07) is 1.91. The standard InChI is InChI=1S/C11H18N4O/c1-2-3-4-7-15-8-10(16)13-11(15)9-5-6-12-14-9/h5-6,11H,2-4,7-8H2,1H3,(H,12,14)(H,13,16)/t11-/m0/s1. The van der Waals surface area contributed by atoms with Gasteiger partial charge < -0.3 is 5.32 Å². The monoisotopic (exact) mass is 222 g/mol. The fraction of sp³-hybridized carbons (Fsp3) is 0.636. The summed E-state index contributed by atoms with van der Waals surface area (Å²) in [5.41, 5.74) is 0.961. The van der Waals surface area contributed by atoms with Crippen molar-refractivity contribution >= 4 is 5.91 Å². The molecule has 5 heteroatoms. The smallest absolute Gasteiger partial charge is 0.235 e. The highest BCUT2D eigenvalue weighted by Gasteiger charge is 2.30. The molecule has 0 aromatic carbocycles. The van der Waals surface area contributed by atoms with E-state index in [0.29, 0.717) is 6.54 Å². The van der Waals surface area contributed by atoms with Crippen LogP contribution in [0.5, 0.6) is 0 Å². The molecule has 5 nitrogen and oxygen atoms in total. The van der Waals surface area contributed by atoms with Crippen LogP contribution >= 0.6 is 0 Å². The van der Waals surface area contributed by atoms with E-state index >= 15 is 0 Å². The van der Waals surface area contributed by atoms with E-state index in [0.717, 1.165) is 18.7 Å². The highest BCUT2D eigenvalue weighted by molar-refractivity contribution is 5.80. The molecule has 1 aromatic rings. The molecule has 0 spiro atoms. The third-order valence-electron chi connectivity index (χ3n) is 2.88. The van der Waals surface area contributed by atoms with E-state index in [-0.39, 0.29) is 12.1 Å². The molecule has 2 rings (SSSR count). The SMILES string of the molecule is CCCCCN1CC(=O)N[C@@H]1c1ccn[nH]1. The number of amides is 1. The highest BCUT2D eigenvalue weighted by Crippen LogP contribution is 2.20. The molecule has 0 radical (unpaired) electrons. The van der Waals surface area contributed by atoms with Crippen molar-refractivity contribution in [2.24, 2.45) is 0 Å². The zero-order chi connectivity index (χ0) is 11.4. The predicted molar refractivity (Wildman–Crippen MR) is 60.6 cm³/mol. The summed E-state index contributed by atoms with van der Waals surface area (Å²) in [5.74, 6) is 0.0936. The topological polar surface area (TPSA) is 61.0 Å². The summed E-state index contributed by atoms with van der Waals surface area (Å²) in [6.45, 7) is 3.63. The molecule has 2 N–H and O–H groups in total. The molecule has 1 saturated heterocycles. The van der Waals surface area contributed by atoms with Crippen LogP contribution in [-0.4, -0.2) is 34.1 Å². The summed E-state index contributed by atoms with van der Waals surface area (Å²) in [7, 11) is 0. The zero-order valence-corrected chi connectivity index (χ0v) is 9.57. The molecule has 1 amide bonds. The number of H-pyrrole nitrogens is 1. The second-order valence-electron chi connectivity index (χ2n) is 4.16. The summed E-state index contributed by atoms with van der Waals surface area (Å²) in [4.78, 5) is 13.6. The van der Waals surface area contributed by atoms with Gasteiger partial charge in [-0.2, -0.15) is 5.10 Å². The molecule has 0 aliphatic carbocycles. The molecule has 0 unspecified atom stereocenters. The van der Waals surface area contributed by atoms with Crippen LogP contribution in [0.15, 0.2) is 12.3 Å². The average molecular weight is 222 g/mol. The van der Waals surface area contributed by atoms with Gasteiger partial charge in [-0.25, -0.2) is 0 Å². The highest BCUT2D eigenvalue weighted by atomic mass is 16.2. The fourth-order valence-electron chi connectivity index (χ4n) is 2.03. The Bertz CT molecular complexity index is 336. The molecule has 0 bridgehead atoms. The Morgan fingerprint density at radius 3 is 3.12 bits per heavy atom. The zero-order valence-electron chi connectivity index (χ0n) is 9.57. The maximum Gasteiger partial charge on any atom is 0.235 e. The van der Waals surface area contributed by atoms with Crippen LogP contribution in [0.1, 0.15) is 38.0 Å². The van der Waals surface area contributed by atoms with Gasteiger partial charge in [-0.1, -0.05) is 19.8 Å². The van der Waals surface area contributed by atoms with Gasteiger partial charge in [0.2, 0.25) is 5.91 Å². The normalized spacial score (nSPS) is 21.3. The number of hydrogen-bond acceptors (Lipinski definition) is 3. The van der Waals surface area contributed by atoms with Crippen molar-refractivity contribution in [3.63, 3.8) is 0 Å². The van der Waals surface area contributed by atoms with Crippen molar-refractivity contribution in [3.8, 4) is 0 Å². The number of rotatable bonds is 5. The molecule has 2 heterocycles. The van der Waals surface area contributed by atoms with Crippen molar-refractivity contribution in [1.29, 1.82) is 0 Å².